The number of fused-ring (bicyclic) bond motifs is 1. The lowest BCUT2D eigenvalue weighted by molar-refractivity contribution is 0.323. The predicted octanol–water partition coefficient (Wildman–Crippen LogP) is 2.89. The van der Waals surface area contributed by atoms with Crippen LogP contribution in [0.1, 0.15) is 0 Å². The van der Waals surface area contributed by atoms with Crippen molar-refractivity contribution in [2.24, 2.45) is 11.8 Å². The lowest BCUT2D eigenvalue weighted by atomic mass is 9.71. The monoisotopic (exact) mass is 262 g/mol. The zero-order chi connectivity index (χ0) is 7.14. The van der Waals surface area contributed by atoms with Crippen molar-refractivity contribution in [2.75, 3.05) is 0 Å². The summed E-state index contributed by atoms with van der Waals surface area (Å²) in [4.78, 5) is 1.28. The van der Waals surface area contributed by atoms with Gasteiger partial charge >= 0.3 is 0 Å². The lowest BCUT2D eigenvalue weighted by Gasteiger charge is -2.45. The highest BCUT2D eigenvalue weighted by Gasteiger charge is 2.45. The average Bonchev–Trinajstić information content (AvgIpc) is 2.03. The van der Waals surface area contributed by atoms with Crippen LogP contribution in [-0.2, 0) is 0 Å². The Bertz CT molecular complexity index is 173. The Morgan fingerprint density at radius 2 is 1.20 bits per heavy atom. The second-order valence-corrected chi connectivity index (χ2v) is 4.93. The van der Waals surface area contributed by atoms with E-state index in [9.17, 15) is 0 Å². The summed E-state index contributed by atoms with van der Waals surface area (Å²) in [6.45, 7) is 0. The van der Waals surface area contributed by atoms with Crippen molar-refractivity contribution in [2.45, 2.75) is 9.65 Å². The normalized spacial score (nSPS) is 50.2. The molecule has 0 nitrogen and oxygen atoms in total. The molecule has 10 heavy (non-hydrogen) atoms. The first-order valence-corrected chi connectivity index (χ1v) is 5.27. The van der Waals surface area contributed by atoms with Crippen LogP contribution < -0.4 is 0 Å². The van der Waals surface area contributed by atoms with E-state index >= 15 is 0 Å². The molecular weight excluding hydrogens is 256 g/mol. The number of hydrogen-bond acceptors (Lipinski definition) is 0. The van der Waals surface area contributed by atoms with Crippen LogP contribution in [0.3, 0.4) is 0 Å². The molecule has 0 saturated heterocycles. The van der Waals surface area contributed by atoms with Gasteiger partial charge in [-0.3, -0.25) is 0 Å². The van der Waals surface area contributed by atoms with Crippen molar-refractivity contribution in [3.8, 4) is 0 Å². The topological polar surface area (TPSA) is 0 Å². The van der Waals surface area contributed by atoms with Crippen LogP contribution >= 0.6 is 31.9 Å². The summed E-state index contributed by atoms with van der Waals surface area (Å²) >= 11 is 7.27. The Balaban J connectivity index is 2.17. The fourth-order valence-electron chi connectivity index (χ4n) is 1.56. The molecule has 0 amide bonds. The minimum atomic E-state index is 0.638. The highest BCUT2D eigenvalue weighted by atomic mass is 79.9. The van der Waals surface area contributed by atoms with Gasteiger partial charge in [0.2, 0.25) is 0 Å². The Kier molecular flexibility index (Phi) is 1.77. The second-order valence-electron chi connectivity index (χ2n) is 2.81. The van der Waals surface area contributed by atoms with Crippen molar-refractivity contribution in [3.63, 3.8) is 0 Å². The minimum absolute atomic E-state index is 0.638. The molecule has 4 atom stereocenters. The maximum Gasteiger partial charge on any atom is 0.0345 e. The molecule has 0 unspecified atom stereocenters. The fourth-order valence-corrected chi connectivity index (χ4v) is 3.32. The Hall–Kier alpha value is 0.440. The van der Waals surface area contributed by atoms with Crippen LogP contribution in [0.5, 0.6) is 0 Å². The first kappa shape index (κ1) is 7.11. The van der Waals surface area contributed by atoms with Gasteiger partial charge in [0, 0.05) is 9.65 Å². The van der Waals surface area contributed by atoms with E-state index in [2.05, 4.69) is 56.2 Å². The summed E-state index contributed by atoms with van der Waals surface area (Å²) in [5.41, 5.74) is 0. The molecule has 0 N–H and O–H groups in total. The van der Waals surface area contributed by atoms with Crippen molar-refractivity contribution >= 4 is 31.9 Å². The molecule has 2 aliphatic carbocycles. The molecule has 2 rings (SSSR count). The molecule has 2 heteroatoms. The third kappa shape index (κ3) is 0.850. The maximum atomic E-state index is 3.64. The highest BCUT2D eigenvalue weighted by molar-refractivity contribution is 9.12. The summed E-state index contributed by atoms with van der Waals surface area (Å²) < 4.78 is 0. The van der Waals surface area contributed by atoms with Gasteiger partial charge in [0.1, 0.15) is 0 Å². The smallest absolute Gasteiger partial charge is 0.0345 e. The summed E-state index contributed by atoms with van der Waals surface area (Å²) in [6, 6.07) is 0. The van der Waals surface area contributed by atoms with E-state index in [1.54, 1.807) is 0 Å². The molecule has 0 radical (unpaired) electrons. The standard InChI is InChI=1S/C8H8Br2/c9-7-5-3-1-2-4-6(5)8(7)10/h1-8H/t5-,6-,7-,8+/m1/s1. The summed E-state index contributed by atoms with van der Waals surface area (Å²) in [6.07, 6.45) is 8.83. The van der Waals surface area contributed by atoms with E-state index < -0.39 is 0 Å². The molecule has 1 saturated carbocycles. The fraction of sp³-hybridized carbons (Fsp3) is 0.500. The highest BCUT2D eigenvalue weighted by Crippen LogP contribution is 2.47. The Morgan fingerprint density at radius 3 is 1.60 bits per heavy atom. The third-order valence-corrected chi connectivity index (χ3v) is 5.33. The lowest BCUT2D eigenvalue weighted by Crippen LogP contribution is -2.47. The molecule has 0 heterocycles. The molecule has 54 valence electrons. The average molecular weight is 264 g/mol. The van der Waals surface area contributed by atoms with Gasteiger partial charge in [0.05, 0.1) is 0 Å². The number of rotatable bonds is 0. The van der Waals surface area contributed by atoms with E-state index in [0.717, 1.165) is 11.8 Å². The number of hydrogen-bond donors (Lipinski definition) is 0. The van der Waals surface area contributed by atoms with Gasteiger partial charge in [-0.05, 0) is 11.8 Å². The van der Waals surface area contributed by atoms with Crippen molar-refractivity contribution in [3.05, 3.63) is 24.3 Å². The third-order valence-electron chi connectivity index (χ3n) is 2.26. The molecule has 0 aliphatic heterocycles. The van der Waals surface area contributed by atoms with E-state index in [-0.39, 0.29) is 0 Å². The molecule has 0 aromatic rings. The second kappa shape index (κ2) is 2.49. The summed E-state index contributed by atoms with van der Waals surface area (Å²) in [5.74, 6) is 1.46. The Morgan fingerprint density at radius 1 is 0.800 bits per heavy atom. The number of alkyl halides is 2. The molecule has 1 fully saturated rings. The van der Waals surface area contributed by atoms with Gasteiger partial charge in [-0.2, -0.15) is 0 Å². The SMILES string of the molecule is Br[C@@H]1[C@H](Br)[C@@H]2C=CC=C[C@@H]12. The van der Waals surface area contributed by atoms with Crippen LogP contribution in [0, 0.1) is 11.8 Å². The Labute approximate surface area is 77.6 Å². The number of allylic oxidation sites excluding steroid dienone is 4. The van der Waals surface area contributed by atoms with Gasteiger partial charge in [-0.1, -0.05) is 56.2 Å². The zero-order valence-corrected chi connectivity index (χ0v) is 8.55. The van der Waals surface area contributed by atoms with Crippen molar-refractivity contribution in [1.29, 1.82) is 0 Å². The van der Waals surface area contributed by atoms with Gasteiger partial charge in [0.15, 0.2) is 0 Å². The number of halogens is 2. The summed E-state index contributed by atoms with van der Waals surface area (Å²) in [7, 11) is 0. The van der Waals surface area contributed by atoms with Gasteiger partial charge in [0.25, 0.3) is 0 Å². The maximum absolute atomic E-state index is 3.64. The molecule has 2 aliphatic rings. The van der Waals surface area contributed by atoms with Gasteiger partial charge in [-0.25, -0.2) is 0 Å². The van der Waals surface area contributed by atoms with Gasteiger partial charge < -0.3 is 0 Å². The van der Waals surface area contributed by atoms with Crippen LogP contribution in [0.2, 0.25) is 0 Å². The van der Waals surface area contributed by atoms with Crippen molar-refractivity contribution < 1.29 is 0 Å². The van der Waals surface area contributed by atoms with E-state index in [1.807, 2.05) is 0 Å². The van der Waals surface area contributed by atoms with E-state index in [0.29, 0.717) is 9.65 Å². The van der Waals surface area contributed by atoms with E-state index in [1.165, 1.54) is 0 Å². The first-order valence-electron chi connectivity index (χ1n) is 3.44. The van der Waals surface area contributed by atoms with Gasteiger partial charge in [-0.15, -0.1) is 0 Å². The van der Waals surface area contributed by atoms with Crippen LogP contribution in [0.25, 0.3) is 0 Å². The minimum Gasteiger partial charge on any atom is -0.0872 e. The predicted molar refractivity (Wildman–Crippen MR) is 50.7 cm³/mol. The van der Waals surface area contributed by atoms with Crippen molar-refractivity contribution in [1.82, 2.24) is 0 Å². The molecule has 0 spiro atoms. The van der Waals surface area contributed by atoms with Crippen LogP contribution in [0.4, 0.5) is 0 Å². The van der Waals surface area contributed by atoms with Crippen LogP contribution in [0.15, 0.2) is 24.3 Å². The molecule has 0 aromatic heterocycles. The molecular formula is C8H8Br2. The largest absolute Gasteiger partial charge is 0.0872 e. The van der Waals surface area contributed by atoms with Crippen LogP contribution in [-0.4, -0.2) is 9.65 Å². The first-order chi connectivity index (χ1) is 4.80. The summed E-state index contributed by atoms with van der Waals surface area (Å²) in [5, 5.41) is 0. The quantitative estimate of drug-likeness (QED) is 0.590. The molecule has 0 aromatic carbocycles. The molecule has 0 bridgehead atoms. The van der Waals surface area contributed by atoms with E-state index in [4.69, 9.17) is 0 Å². The zero-order valence-electron chi connectivity index (χ0n) is 5.37.